The lowest BCUT2D eigenvalue weighted by Crippen LogP contribution is -2.28. The number of rotatable bonds is 4. The van der Waals surface area contributed by atoms with Crippen molar-refractivity contribution in [3.05, 3.63) is 34.9 Å². The number of nitrogens with one attached hydrogen (secondary N) is 1. The molecule has 2 atom stereocenters. The van der Waals surface area contributed by atoms with E-state index in [1.165, 1.54) is 18.4 Å². The first-order chi connectivity index (χ1) is 7.75. The van der Waals surface area contributed by atoms with Gasteiger partial charge in [0.1, 0.15) is 0 Å². The van der Waals surface area contributed by atoms with Gasteiger partial charge in [0.2, 0.25) is 0 Å². The number of hydrogen-bond donors (Lipinski definition) is 1. The van der Waals surface area contributed by atoms with Crippen molar-refractivity contribution in [1.82, 2.24) is 5.32 Å². The molecular formula is C13H18ClNO. The highest BCUT2D eigenvalue weighted by Crippen LogP contribution is 2.17. The summed E-state index contributed by atoms with van der Waals surface area (Å²) in [7, 11) is 0. The van der Waals surface area contributed by atoms with E-state index in [4.69, 9.17) is 16.3 Å². The van der Waals surface area contributed by atoms with Crippen molar-refractivity contribution in [3.63, 3.8) is 0 Å². The molecule has 1 unspecified atom stereocenters. The molecule has 0 spiro atoms. The van der Waals surface area contributed by atoms with Crippen molar-refractivity contribution in [1.29, 1.82) is 0 Å². The third kappa shape index (κ3) is 3.21. The van der Waals surface area contributed by atoms with E-state index in [2.05, 4.69) is 24.4 Å². The summed E-state index contributed by atoms with van der Waals surface area (Å²) in [5.74, 6) is 0. The van der Waals surface area contributed by atoms with Crippen LogP contribution in [0.2, 0.25) is 5.02 Å². The van der Waals surface area contributed by atoms with Gasteiger partial charge in [-0.2, -0.15) is 0 Å². The summed E-state index contributed by atoms with van der Waals surface area (Å²) >= 11 is 5.86. The molecule has 0 aromatic heterocycles. The van der Waals surface area contributed by atoms with Crippen LogP contribution in [0.5, 0.6) is 0 Å². The molecule has 1 aromatic rings. The molecule has 2 nitrogen and oxygen atoms in total. The fraction of sp³-hybridized carbons (Fsp3) is 0.538. The zero-order valence-corrected chi connectivity index (χ0v) is 10.3. The minimum absolute atomic E-state index is 0.349. The molecular weight excluding hydrogens is 222 g/mol. The van der Waals surface area contributed by atoms with Crippen molar-refractivity contribution >= 4 is 11.6 Å². The molecule has 1 aliphatic heterocycles. The van der Waals surface area contributed by atoms with Crippen LogP contribution in [0.25, 0.3) is 0 Å². The van der Waals surface area contributed by atoms with E-state index in [-0.39, 0.29) is 0 Å². The van der Waals surface area contributed by atoms with E-state index < -0.39 is 0 Å². The normalized spacial score (nSPS) is 22.2. The Morgan fingerprint density at radius 3 is 2.81 bits per heavy atom. The van der Waals surface area contributed by atoms with Crippen LogP contribution in [0, 0.1) is 0 Å². The van der Waals surface area contributed by atoms with Crippen molar-refractivity contribution in [2.45, 2.75) is 31.9 Å². The Hall–Kier alpha value is -0.570. The third-order valence-corrected chi connectivity index (χ3v) is 3.30. The number of hydrogen-bond acceptors (Lipinski definition) is 2. The first-order valence-corrected chi connectivity index (χ1v) is 6.24. The quantitative estimate of drug-likeness (QED) is 0.872. The van der Waals surface area contributed by atoms with Gasteiger partial charge >= 0.3 is 0 Å². The van der Waals surface area contributed by atoms with E-state index >= 15 is 0 Å². The Labute approximate surface area is 102 Å². The molecule has 1 aromatic carbocycles. The summed E-state index contributed by atoms with van der Waals surface area (Å²) < 4.78 is 5.57. The summed E-state index contributed by atoms with van der Waals surface area (Å²) in [5.41, 5.74) is 1.27. The van der Waals surface area contributed by atoms with Gasteiger partial charge in [0, 0.05) is 24.2 Å². The van der Waals surface area contributed by atoms with Crippen molar-refractivity contribution in [2.24, 2.45) is 0 Å². The molecule has 1 heterocycles. The van der Waals surface area contributed by atoms with Gasteiger partial charge in [-0.15, -0.1) is 0 Å². The molecule has 1 N–H and O–H groups in total. The van der Waals surface area contributed by atoms with E-state index in [1.807, 2.05) is 12.1 Å². The molecule has 0 saturated carbocycles. The predicted molar refractivity (Wildman–Crippen MR) is 66.8 cm³/mol. The summed E-state index contributed by atoms with van der Waals surface area (Å²) in [4.78, 5) is 0. The van der Waals surface area contributed by atoms with Gasteiger partial charge in [0.05, 0.1) is 6.10 Å². The highest BCUT2D eigenvalue weighted by molar-refractivity contribution is 6.30. The maximum absolute atomic E-state index is 5.86. The van der Waals surface area contributed by atoms with Gasteiger partial charge in [0.15, 0.2) is 0 Å². The minimum atomic E-state index is 0.349. The average Bonchev–Trinajstić information content (AvgIpc) is 2.80. The average molecular weight is 240 g/mol. The zero-order valence-electron chi connectivity index (χ0n) is 9.58. The Bertz CT molecular complexity index is 319. The number of halogens is 1. The molecule has 0 bridgehead atoms. The van der Waals surface area contributed by atoms with E-state index in [1.54, 1.807) is 0 Å². The van der Waals surface area contributed by atoms with Gasteiger partial charge in [0.25, 0.3) is 0 Å². The summed E-state index contributed by atoms with van der Waals surface area (Å²) in [5, 5.41) is 4.28. The van der Waals surface area contributed by atoms with Crippen LogP contribution in [-0.2, 0) is 4.74 Å². The molecule has 1 fully saturated rings. The maximum atomic E-state index is 5.86. The second kappa shape index (κ2) is 5.67. The third-order valence-electron chi connectivity index (χ3n) is 3.05. The molecule has 0 aliphatic carbocycles. The summed E-state index contributed by atoms with van der Waals surface area (Å²) in [6.45, 7) is 4.02. The molecule has 1 aliphatic rings. The monoisotopic (exact) mass is 239 g/mol. The number of benzene rings is 1. The lowest BCUT2D eigenvalue weighted by molar-refractivity contribution is 0.108. The molecule has 16 heavy (non-hydrogen) atoms. The number of ether oxygens (including phenoxy) is 1. The van der Waals surface area contributed by atoms with Crippen LogP contribution >= 0.6 is 11.6 Å². The molecule has 2 rings (SSSR count). The van der Waals surface area contributed by atoms with Gasteiger partial charge in [-0.1, -0.05) is 23.7 Å². The predicted octanol–water partition coefficient (Wildman–Crippen LogP) is 3.17. The molecule has 3 heteroatoms. The highest BCUT2D eigenvalue weighted by Gasteiger charge is 2.16. The zero-order chi connectivity index (χ0) is 11.4. The van der Waals surface area contributed by atoms with Crippen LogP contribution in [0.15, 0.2) is 24.3 Å². The second-order valence-corrected chi connectivity index (χ2v) is 4.75. The second-order valence-electron chi connectivity index (χ2n) is 4.32. The van der Waals surface area contributed by atoms with Crippen molar-refractivity contribution < 1.29 is 4.74 Å². The maximum Gasteiger partial charge on any atom is 0.0700 e. The van der Waals surface area contributed by atoms with Crippen LogP contribution in [0.1, 0.15) is 31.4 Å². The fourth-order valence-corrected chi connectivity index (χ4v) is 2.11. The standard InChI is InChI=1S/C13H18ClNO/c1-10(11-4-6-12(14)7-5-11)15-9-13-3-2-8-16-13/h4-7,10,13,15H,2-3,8-9H2,1H3/t10-,13?/m1/s1. The summed E-state index contributed by atoms with van der Waals surface area (Å²) in [6, 6.07) is 8.34. The smallest absolute Gasteiger partial charge is 0.0700 e. The van der Waals surface area contributed by atoms with Crippen molar-refractivity contribution in [2.75, 3.05) is 13.2 Å². The molecule has 0 radical (unpaired) electrons. The highest BCUT2D eigenvalue weighted by atomic mass is 35.5. The van der Waals surface area contributed by atoms with E-state index in [0.717, 1.165) is 18.2 Å². The van der Waals surface area contributed by atoms with E-state index in [9.17, 15) is 0 Å². The fourth-order valence-electron chi connectivity index (χ4n) is 1.98. The molecule has 0 amide bonds. The largest absolute Gasteiger partial charge is 0.377 e. The SMILES string of the molecule is C[C@@H](NCC1CCCO1)c1ccc(Cl)cc1. The molecule has 1 saturated heterocycles. The van der Waals surface area contributed by atoms with Crippen LogP contribution in [0.4, 0.5) is 0 Å². The van der Waals surface area contributed by atoms with Crippen molar-refractivity contribution in [3.8, 4) is 0 Å². The van der Waals surface area contributed by atoms with Gasteiger partial charge < -0.3 is 10.1 Å². The minimum Gasteiger partial charge on any atom is -0.377 e. The van der Waals surface area contributed by atoms with Gasteiger partial charge in [-0.05, 0) is 37.5 Å². The molecule has 88 valence electrons. The summed E-state index contributed by atoms with van der Waals surface area (Å²) in [6.07, 6.45) is 2.77. The Kier molecular flexibility index (Phi) is 4.22. The lowest BCUT2D eigenvalue weighted by Gasteiger charge is -2.17. The van der Waals surface area contributed by atoms with Gasteiger partial charge in [-0.25, -0.2) is 0 Å². The topological polar surface area (TPSA) is 21.3 Å². The van der Waals surface area contributed by atoms with Crippen LogP contribution in [-0.4, -0.2) is 19.3 Å². The Morgan fingerprint density at radius 2 is 2.19 bits per heavy atom. The van der Waals surface area contributed by atoms with Gasteiger partial charge in [-0.3, -0.25) is 0 Å². The van der Waals surface area contributed by atoms with E-state index in [0.29, 0.717) is 12.1 Å². The first kappa shape index (κ1) is 11.9. The van der Waals surface area contributed by atoms with Crippen LogP contribution < -0.4 is 5.32 Å². The van der Waals surface area contributed by atoms with Crippen LogP contribution in [0.3, 0.4) is 0 Å². The lowest BCUT2D eigenvalue weighted by atomic mass is 10.1. The Balaban J connectivity index is 1.82. The first-order valence-electron chi connectivity index (χ1n) is 5.86. The Morgan fingerprint density at radius 1 is 1.44 bits per heavy atom.